The van der Waals surface area contributed by atoms with Crippen molar-refractivity contribution < 1.29 is 0 Å². The summed E-state index contributed by atoms with van der Waals surface area (Å²) in [4.78, 5) is 8.13. The molecule has 0 fully saturated rings. The van der Waals surface area contributed by atoms with Crippen LogP contribution in [0.15, 0.2) is 42.7 Å². The number of hydrogen-bond donors (Lipinski definition) is 1. The monoisotopic (exact) mass is 210 g/mol. The van der Waals surface area contributed by atoms with Crippen molar-refractivity contribution in [2.75, 3.05) is 5.32 Å². The predicted molar refractivity (Wildman–Crippen MR) is 60.5 cm³/mol. The number of anilines is 1. The maximum Gasteiger partial charge on any atom is 0.142 e. The summed E-state index contributed by atoms with van der Waals surface area (Å²) in [6, 6.07) is 11.2. The molecule has 0 aliphatic heterocycles. The minimum absolute atomic E-state index is 0.413. The number of rotatable bonds is 3. The lowest BCUT2D eigenvalue weighted by Crippen LogP contribution is -2.01. The highest BCUT2D eigenvalue weighted by molar-refractivity contribution is 5.38. The number of pyridine rings is 2. The van der Waals surface area contributed by atoms with Gasteiger partial charge in [0.2, 0.25) is 0 Å². The number of nitrogens with zero attached hydrogens (tertiary/aromatic N) is 3. The van der Waals surface area contributed by atoms with Crippen molar-refractivity contribution in [2.24, 2.45) is 0 Å². The van der Waals surface area contributed by atoms with E-state index in [1.807, 2.05) is 24.3 Å². The van der Waals surface area contributed by atoms with Crippen LogP contribution in [0.2, 0.25) is 0 Å². The Balaban J connectivity index is 2.03. The molecule has 0 amide bonds. The summed E-state index contributed by atoms with van der Waals surface area (Å²) in [5.41, 5.74) is 1.49. The van der Waals surface area contributed by atoms with Gasteiger partial charge in [-0.25, -0.2) is 4.98 Å². The number of hydrogen-bond acceptors (Lipinski definition) is 4. The largest absolute Gasteiger partial charge is 0.366 e. The van der Waals surface area contributed by atoms with E-state index in [0.717, 1.165) is 5.56 Å². The van der Waals surface area contributed by atoms with Crippen LogP contribution >= 0.6 is 0 Å². The first-order chi connectivity index (χ1) is 7.88. The van der Waals surface area contributed by atoms with Gasteiger partial charge in [-0.3, -0.25) is 4.98 Å². The Labute approximate surface area is 93.6 Å². The predicted octanol–water partition coefficient (Wildman–Crippen LogP) is 1.96. The highest BCUT2D eigenvalue weighted by atomic mass is 15.0. The molecule has 2 heterocycles. The van der Waals surface area contributed by atoms with Crippen LogP contribution < -0.4 is 5.32 Å². The standard InChI is InChI=1S/C12H10N4/c13-7-11-4-1-5-12(16-11)15-9-10-3-2-6-14-8-10/h1-6,8H,9H2,(H,15,16). The van der Waals surface area contributed by atoms with Crippen molar-refractivity contribution >= 4 is 5.82 Å². The van der Waals surface area contributed by atoms with Crippen LogP contribution in [0.3, 0.4) is 0 Å². The van der Waals surface area contributed by atoms with Crippen LogP contribution in [0, 0.1) is 11.3 Å². The summed E-state index contributed by atoms with van der Waals surface area (Å²) >= 11 is 0. The lowest BCUT2D eigenvalue weighted by atomic mass is 10.3. The van der Waals surface area contributed by atoms with Gasteiger partial charge in [0.25, 0.3) is 0 Å². The number of nitriles is 1. The molecule has 0 unspecified atom stereocenters. The normalized spacial score (nSPS) is 9.44. The number of aromatic nitrogens is 2. The van der Waals surface area contributed by atoms with Crippen LogP contribution in [0.1, 0.15) is 11.3 Å². The van der Waals surface area contributed by atoms with Gasteiger partial charge in [0.05, 0.1) is 0 Å². The van der Waals surface area contributed by atoms with Gasteiger partial charge in [-0.15, -0.1) is 0 Å². The molecule has 4 heteroatoms. The highest BCUT2D eigenvalue weighted by Gasteiger charge is 1.96. The van der Waals surface area contributed by atoms with Crippen molar-refractivity contribution in [2.45, 2.75) is 6.54 Å². The van der Waals surface area contributed by atoms with Crippen LogP contribution in [-0.4, -0.2) is 9.97 Å². The Morgan fingerprint density at radius 2 is 2.19 bits per heavy atom. The Morgan fingerprint density at radius 3 is 2.94 bits per heavy atom. The molecule has 0 spiro atoms. The molecule has 0 atom stereocenters. The third-order valence-electron chi connectivity index (χ3n) is 2.06. The SMILES string of the molecule is N#Cc1cccc(NCc2cccnc2)n1. The molecule has 78 valence electrons. The van der Waals surface area contributed by atoms with Crippen molar-refractivity contribution in [1.82, 2.24) is 9.97 Å². The Bertz CT molecular complexity index is 502. The first kappa shape index (κ1) is 10.1. The zero-order valence-electron chi connectivity index (χ0n) is 8.59. The molecule has 0 aromatic carbocycles. The second kappa shape index (κ2) is 4.89. The average molecular weight is 210 g/mol. The first-order valence-electron chi connectivity index (χ1n) is 4.88. The van der Waals surface area contributed by atoms with E-state index in [1.54, 1.807) is 24.5 Å². The molecule has 1 N–H and O–H groups in total. The smallest absolute Gasteiger partial charge is 0.142 e. The Kier molecular flexibility index (Phi) is 3.10. The molecule has 2 aromatic heterocycles. The molecule has 0 saturated heterocycles. The van der Waals surface area contributed by atoms with Gasteiger partial charge in [-0.1, -0.05) is 12.1 Å². The fourth-order valence-corrected chi connectivity index (χ4v) is 1.29. The van der Waals surface area contributed by atoms with Gasteiger partial charge in [-0.2, -0.15) is 5.26 Å². The van der Waals surface area contributed by atoms with Gasteiger partial charge < -0.3 is 5.32 Å². The van der Waals surface area contributed by atoms with Crippen LogP contribution in [0.4, 0.5) is 5.82 Å². The van der Waals surface area contributed by atoms with E-state index in [1.165, 1.54) is 0 Å². The topological polar surface area (TPSA) is 61.6 Å². The molecule has 2 aromatic rings. The van der Waals surface area contributed by atoms with Gasteiger partial charge in [-0.05, 0) is 23.8 Å². The quantitative estimate of drug-likeness (QED) is 0.841. The molecule has 4 nitrogen and oxygen atoms in total. The Hall–Kier alpha value is -2.41. The summed E-state index contributed by atoms with van der Waals surface area (Å²) in [6.07, 6.45) is 3.53. The zero-order valence-corrected chi connectivity index (χ0v) is 8.59. The third kappa shape index (κ3) is 2.55. The minimum atomic E-state index is 0.413. The molecular weight excluding hydrogens is 200 g/mol. The minimum Gasteiger partial charge on any atom is -0.366 e. The van der Waals surface area contributed by atoms with Crippen LogP contribution in [0.5, 0.6) is 0 Å². The van der Waals surface area contributed by atoms with E-state index in [2.05, 4.69) is 15.3 Å². The summed E-state index contributed by atoms with van der Waals surface area (Å²) in [6.45, 7) is 0.649. The molecular formula is C12H10N4. The fraction of sp³-hybridized carbons (Fsp3) is 0.0833. The van der Waals surface area contributed by atoms with Gasteiger partial charge in [0, 0.05) is 18.9 Å². The lowest BCUT2D eigenvalue weighted by Gasteiger charge is -2.04. The summed E-state index contributed by atoms with van der Waals surface area (Å²) in [7, 11) is 0. The van der Waals surface area contributed by atoms with Gasteiger partial charge in [0.1, 0.15) is 17.6 Å². The van der Waals surface area contributed by atoms with E-state index in [-0.39, 0.29) is 0 Å². The second-order valence-electron chi connectivity index (χ2n) is 3.23. The van der Waals surface area contributed by atoms with Crippen molar-refractivity contribution in [3.8, 4) is 6.07 Å². The maximum atomic E-state index is 8.70. The molecule has 0 saturated carbocycles. The molecule has 0 aliphatic carbocycles. The van der Waals surface area contributed by atoms with E-state index in [9.17, 15) is 0 Å². The van der Waals surface area contributed by atoms with Crippen molar-refractivity contribution in [3.05, 3.63) is 54.0 Å². The maximum absolute atomic E-state index is 8.70. The number of nitrogens with one attached hydrogen (secondary N) is 1. The van der Waals surface area contributed by atoms with Gasteiger partial charge >= 0.3 is 0 Å². The molecule has 16 heavy (non-hydrogen) atoms. The summed E-state index contributed by atoms with van der Waals surface area (Å²) < 4.78 is 0. The van der Waals surface area contributed by atoms with Crippen molar-refractivity contribution in [1.29, 1.82) is 5.26 Å². The van der Waals surface area contributed by atoms with Crippen LogP contribution in [-0.2, 0) is 6.54 Å². The van der Waals surface area contributed by atoms with E-state index < -0.39 is 0 Å². The molecule has 0 bridgehead atoms. The first-order valence-corrected chi connectivity index (χ1v) is 4.88. The lowest BCUT2D eigenvalue weighted by molar-refractivity contribution is 1.08. The zero-order chi connectivity index (χ0) is 11.2. The van der Waals surface area contributed by atoms with E-state index in [4.69, 9.17) is 5.26 Å². The van der Waals surface area contributed by atoms with E-state index >= 15 is 0 Å². The van der Waals surface area contributed by atoms with E-state index in [0.29, 0.717) is 18.1 Å². The highest BCUT2D eigenvalue weighted by Crippen LogP contribution is 2.06. The molecule has 2 rings (SSSR count). The van der Waals surface area contributed by atoms with Gasteiger partial charge in [0.15, 0.2) is 0 Å². The summed E-state index contributed by atoms with van der Waals surface area (Å²) in [5.74, 6) is 0.697. The second-order valence-corrected chi connectivity index (χ2v) is 3.23. The Morgan fingerprint density at radius 1 is 1.25 bits per heavy atom. The fourth-order valence-electron chi connectivity index (χ4n) is 1.29. The third-order valence-corrected chi connectivity index (χ3v) is 2.06. The molecule has 0 radical (unpaired) electrons. The van der Waals surface area contributed by atoms with Crippen molar-refractivity contribution in [3.63, 3.8) is 0 Å². The average Bonchev–Trinajstić information content (AvgIpc) is 2.38. The van der Waals surface area contributed by atoms with Crippen LogP contribution in [0.25, 0.3) is 0 Å². The summed E-state index contributed by atoms with van der Waals surface area (Å²) in [5, 5.41) is 11.8. The molecule has 0 aliphatic rings.